The molecule has 0 radical (unpaired) electrons. The first kappa shape index (κ1) is 14.6. The molecule has 4 heteroatoms. The van der Waals surface area contributed by atoms with Crippen molar-refractivity contribution < 1.29 is 13.3 Å². The average Bonchev–Trinajstić information content (AvgIpc) is 2.65. The normalized spacial score (nSPS) is 21.5. The lowest BCUT2D eigenvalue weighted by atomic mass is 9.87. The highest BCUT2D eigenvalue weighted by molar-refractivity contribution is 6.63. The summed E-state index contributed by atoms with van der Waals surface area (Å²) in [7, 11) is 2.37. The lowest BCUT2D eigenvalue weighted by molar-refractivity contribution is 0.120. The standard InChI is InChI=1S/C13H24O3Si/c1-10-8-11(13(2,3)4)9-12(10)17(14-5,15-6)16-7/h8-9,12H,1-7H3. The third kappa shape index (κ3) is 2.71. The molecule has 0 saturated carbocycles. The van der Waals surface area contributed by atoms with E-state index in [2.05, 4.69) is 39.8 Å². The molecule has 1 unspecified atom stereocenters. The molecular formula is C13H24O3Si. The molecular weight excluding hydrogens is 232 g/mol. The third-order valence-electron chi connectivity index (χ3n) is 3.32. The van der Waals surface area contributed by atoms with Crippen molar-refractivity contribution in [2.24, 2.45) is 5.41 Å². The molecule has 1 aliphatic rings. The van der Waals surface area contributed by atoms with Crippen molar-refractivity contribution in [2.75, 3.05) is 21.3 Å². The Morgan fingerprint density at radius 2 is 1.53 bits per heavy atom. The molecule has 0 spiro atoms. The first-order chi connectivity index (χ1) is 7.80. The van der Waals surface area contributed by atoms with E-state index >= 15 is 0 Å². The van der Waals surface area contributed by atoms with Crippen molar-refractivity contribution in [1.29, 1.82) is 0 Å². The minimum Gasteiger partial charge on any atom is -0.376 e. The third-order valence-corrected chi connectivity index (χ3v) is 6.41. The van der Waals surface area contributed by atoms with Gasteiger partial charge in [-0.1, -0.05) is 38.5 Å². The Morgan fingerprint density at radius 1 is 1.06 bits per heavy atom. The molecule has 17 heavy (non-hydrogen) atoms. The van der Waals surface area contributed by atoms with Crippen molar-refractivity contribution in [3.8, 4) is 0 Å². The minimum atomic E-state index is -2.61. The van der Waals surface area contributed by atoms with Crippen molar-refractivity contribution in [3.05, 3.63) is 23.3 Å². The first-order valence-corrected chi connectivity index (χ1v) is 7.67. The first-order valence-electron chi connectivity index (χ1n) is 5.86. The molecule has 0 aromatic heterocycles. The summed E-state index contributed by atoms with van der Waals surface area (Å²) < 4.78 is 16.7. The zero-order chi connectivity index (χ0) is 13.3. The topological polar surface area (TPSA) is 27.7 Å². The van der Waals surface area contributed by atoms with Crippen LogP contribution in [0, 0.1) is 5.41 Å². The van der Waals surface area contributed by atoms with E-state index in [-0.39, 0.29) is 11.0 Å². The molecule has 0 aromatic rings. The Hall–Kier alpha value is -0.423. The number of allylic oxidation sites excluding steroid dienone is 4. The van der Waals surface area contributed by atoms with Crippen LogP contribution in [-0.2, 0) is 13.3 Å². The molecule has 0 bridgehead atoms. The highest BCUT2D eigenvalue weighted by atomic mass is 28.4. The molecule has 1 aliphatic carbocycles. The molecule has 98 valence electrons. The predicted octanol–water partition coefficient (Wildman–Crippen LogP) is 3.17. The van der Waals surface area contributed by atoms with E-state index in [0.717, 1.165) is 0 Å². The maximum Gasteiger partial charge on any atom is 0.511 e. The van der Waals surface area contributed by atoms with Gasteiger partial charge in [0.15, 0.2) is 0 Å². The second-order valence-electron chi connectivity index (χ2n) is 5.45. The van der Waals surface area contributed by atoms with Gasteiger partial charge in [0.05, 0.1) is 5.54 Å². The lowest BCUT2D eigenvalue weighted by Gasteiger charge is -2.30. The zero-order valence-corrected chi connectivity index (χ0v) is 13.0. The van der Waals surface area contributed by atoms with Crippen LogP contribution in [0.15, 0.2) is 23.3 Å². The Bertz CT molecular complexity index is 327. The van der Waals surface area contributed by atoms with Crippen LogP contribution in [0.25, 0.3) is 0 Å². The fourth-order valence-electron chi connectivity index (χ4n) is 2.17. The maximum absolute atomic E-state index is 5.56. The van der Waals surface area contributed by atoms with Crippen molar-refractivity contribution in [3.63, 3.8) is 0 Å². The fourth-order valence-corrected chi connectivity index (χ4v) is 4.46. The van der Waals surface area contributed by atoms with E-state index in [4.69, 9.17) is 13.3 Å². The van der Waals surface area contributed by atoms with Crippen LogP contribution in [-0.4, -0.2) is 30.1 Å². The second-order valence-corrected chi connectivity index (χ2v) is 8.51. The molecule has 3 nitrogen and oxygen atoms in total. The van der Waals surface area contributed by atoms with Gasteiger partial charge in [-0.2, -0.15) is 0 Å². The summed E-state index contributed by atoms with van der Waals surface area (Å²) in [5.74, 6) is 0. The second kappa shape index (κ2) is 5.06. The van der Waals surface area contributed by atoms with Gasteiger partial charge in [-0.05, 0) is 17.9 Å². The summed E-state index contributed by atoms with van der Waals surface area (Å²) in [6.07, 6.45) is 4.46. The predicted molar refractivity (Wildman–Crippen MR) is 71.8 cm³/mol. The highest BCUT2D eigenvalue weighted by Gasteiger charge is 2.49. The van der Waals surface area contributed by atoms with Crippen molar-refractivity contribution in [2.45, 2.75) is 33.2 Å². The van der Waals surface area contributed by atoms with Crippen LogP contribution >= 0.6 is 0 Å². The summed E-state index contributed by atoms with van der Waals surface area (Å²) in [6, 6.07) is 0. The number of rotatable bonds is 4. The SMILES string of the molecule is CO[Si](OC)(OC)C1C=C(C(C)(C)C)C=C1C. The molecule has 0 heterocycles. The molecule has 0 amide bonds. The average molecular weight is 256 g/mol. The van der Waals surface area contributed by atoms with Gasteiger partial charge in [0.1, 0.15) is 0 Å². The van der Waals surface area contributed by atoms with Gasteiger partial charge in [0.25, 0.3) is 0 Å². The summed E-state index contributed by atoms with van der Waals surface area (Å²) in [5.41, 5.74) is 2.86. The summed E-state index contributed by atoms with van der Waals surface area (Å²) in [4.78, 5) is 0. The zero-order valence-electron chi connectivity index (χ0n) is 12.0. The van der Waals surface area contributed by atoms with Crippen molar-refractivity contribution in [1.82, 2.24) is 0 Å². The van der Waals surface area contributed by atoms with Crippen LogP contribution in [0.4, 0.5) is 0 Å². The van der Waals surface area contributed by atoms with Crippen LogP contribution in [0.5, 0.6) is 0 Å². The fraction of sp³-hybridized carbons (Fsp3) is 0.692. The van der Waals surface area contributed by atoms with Crippen LogP contribution in [0.1, 0.15) is 27.7 Å². The Kier molecular flexibility index (Phi) is 4.36. The number of hydrogen-bond donors (Lipinski definition) is 0. The van der Waals surface area contributed by atoms with E-state index in [9.17, 15) is 0 Å². The van der Waals surface area contributed by atoms with Gasteiger partial charge in [0.2, 0.25) is 0 Å². The Labute approximate surface area is 106 Å². The molecule has 0 fully saturated rings. The van der Waals surface area contributed by atoms with Gasteiger partial charge in [-0.3, -0.25) is 0 Å². The summed E-state index contributed by atoms with van der Waals surface area (Å²) in [5, 5.41) is 0. The van der Waals surface area contributed by atoms with E-state index in [0.29, 0.717) is 0 Å². The van der Waals surface area contributed by atoms with E-state index < -0.39 is 8.80 Å². The van der Waals surface area contributed by atoms with Gasteiger partial charge in [-0.15, -0.1) is 0 Å². The molecule has 1 rings (SSSR count). The van der Waals surface area contributed by atoms with Crippen LogP contribution in [0.3, 0.4) is 0 Å². The highest BCUT2D eigenvalue weighted by Crippen LogP contribution is 2.43. The van der Waals surface area contributed by atoms with Crippen LogP contribution in [0.2, 0.25) is 5.54 Å². The van der Waals surface area contributed by atoms with Crippen molar-refractivity contribution >= 4 is 8.80 Å². The molecule has 1 atom stereocenters. The largest absolute Gasteiger partial charge is 0.511 e. The minimum absolute atomic E-state index is 0.136. The quantitative estimate of drug-likeness (QED) is 0.723. The monoisotopic (exact) mass is 256 g/mol. The van der Waals surface area contributed by atoms with E-state index in [1.54, 1.807) is 21.3 Å². The van der Waals surface area contributed by atoms with Gasteiger partial charge < -0.3 is 13.3 Å². The Balaban J connectivity index is 3.10. The summed E-state index contributed by atoms with van der Waals surface area (Å²) in [6.45, 7) is 8.74. The smallest absolute Gasteiger partial charge is 0.376 e. The summed E-state index contributed by atoms with van der Waals surface area (Å²) >= 11 is 0. The molecule has 0 aromatic carbocycles. The molecule has 0 aliphatic heterocycles. The maximum atomic E-state index is 5.56. The number of hydrogen-bond acceptors (Lipinski definition) is 3. The van der Waals surface area contributed by atoms with Gasteiger partial charge in [-0.25, -0.2) is 0 Å². The van der Waals surface area contributed by atoms with Crippen LogP contribution < -0.4 is 0 Å². The van der Waals surface area contributed by atoms with Gasteiger partial charge >= 0.3 is 8.80 Å². The lowest BCUT2D eigenvalue weighted by Crippen LogP contribution is -2.47. The van der Waals surface area contributed by atoms with Gasteiger partial charge in [0, 0.05) is 21.3 Å². The molecule has 0 N–H and O–H groups in total. The Morgan fingerprint density at radius 3 is 1.82 bits per heavy atom. The van der Waals surface area contributed by atoms with E-state index in [1.165, 1.54) is 11.1 Å². The molecule has 0 saturated heterocycles. The van der Waals surface area contributed by atoms with E-state index in [1.807, 2.05) is 0 Å².